The zero-order chi connectivity index (χ0) is 18.6. The molecule has 0 unspecified atom stereocenters. The van der Waals surface area contributed by atoms with Crippen LogP contribution in [0.25, 0.3) is 21.6 Å². The largest absolute Gasteiger partial charge is 0.486 e. The van der Waals surface area contributed by atoms with Crippen molar-refractivity contribution in [2.75, 3.05) is 26.4 Å². The summed E-state index contributed by atoms with van der Waals surface area (Å²) in [6.45, 7) is 4.93. The van der Waals surface area contributed by atoms with Crippen LogP contribution in [0.5, 0.6) is 11.5 Å². The van der Waals surface area contributed by atoms with Gasteiger partial charge in [0, 0.05) is 22.8 Å². The summed E-state index contributed by atoms with van der Waals surface area (Å²) in [5.41, 5.74) is 4.85. The van der Waals surface area contributed by atoms with Crippen molar-refractivity contribution in [3.05, 3.63) is 59.0 Å². The molecule has 140 valence electrons. The van der Waals surface area contributed by atoms with E-state index in [-0.39, 0.29) is 6.61 Å². The van der Waals surface area contributed by atoms with Gasteiger partial charge in [-0.25, -0.2) is 0 Å². The molecule has 0 saturated heterocycles. The second-order valence-electron chi connectivity index (χ2n) is 6.50. The molecule has 0 radical (unpaired) electrons. The van der Waals surface area contributed by atoms with Crippen LogP contribution in [0.1, 0.15) is 10.4 Å². The van der Waals surface area contributed by atoms with Crippen LogP contribution in [0.3, 0.4) is 0 Å². The zero-order valence-electron chi connectivity index (χ0n) is 15.3. The smallest absolute Gasteiger partial charge is 0.161 e. The summed E-state index contributed by atoms with van der Waals surface area (Å²) in [4.78, 5) is 2.52. The van der Waals surface area contributed by atoms with E-state index in [1.165, 1.54) is 26.4 Å². The summed E-state index contributed by atoms with van der Waals surface area (Å²) >= 11 is 1.79. The molecule has 1 aliphatic rings. The van der Waals surface area contributed by atoms with E-state index in [1.807, 2.05) is 6.07 Å². The fraction of sp³-hybridized carbons (Fsp3) is 0.273. The molecule has 0 fully saturated rings. The average Bonchev–Trinajstić information content (AvgIpc) is 3.17. The normalized spacial score (nSPS) is 13.0. The zero-order valence-corrected chi connectivity index (χ0v) is 16.1. The van der Waals surface area contributed by atoms with Crippen LogP contribution in [0.15, 0.2) is 48.5 Å². The number of aliphatic hydroxyl groups is 1. The summed E-state index contributed by atoms with van der Waals surface area (Å²) in [6.07, 6.45) is 0. The van der Waals surface area contributed by atoms with Crippen LogP contribution >= 0.6 is 11.3 Å². The van der Waals surface area contributed by atoms with Gasteiger partial charge in [-0.2, -0.15) is 0 Å². The Hall–Kier alpha value is -2.34. The minimum Gasteiger partial charge on any atom is -0.486 e. The van der Waals surface area contributed by atoms with Gasteiger partial charge in [0.1, 0.15) is 13.2 Å². The van der Waals surface area contributed by atoms with Crippen LogP contribution in [0.2, 0.25) is 0 Å². The lowest BCUT2D eigenvalue weighted by Gasteiger charge is -2.19. The van der Waals surface area contributed by atoms with Gasteiger partial charge in [-0.3, -0.25) is 0 Å². The second-order valence-corrected chi connectivity index (χ2v) is 7.67. The number of thiophene rings is 1. The maximum absolute atomic E-state index is 8.90. The van der Waals surface area contributed by atoms with E-state index in [0.717, 1.165) is 23.6 Å². The first-order valence-corrected chi connectivity index (χ1v) is 9.98. The predicted molar refractivity (Wildman–Crippen MR) is 110 cm³/mol. The van der Waals surface area contributed by atoms with Gasteiger partial charge in [-0.05, 0) is 53.4 Å². The molecule has 1 aromatic heterocycles. The number of fused-ring (bicyclic) bond motifs is 1. The van der Waals surface area contributed by atoms with Gasteiger partial charge < -0.3 is 19.9 Å². The van der Waals surface area contributed by atoms with Crippen molar-refractivity contribution in [3.63, 3.8) is 0 Å². The first-order valence-electron chi connectivity index (χ1n) is 9.16. The molecule has 1 aliphatic heterocycles. The average molecular weight is 381 g/mol. The van der Waals surface area contributed by atoms with Gasteiger partial charge in [-0.15, -0.1) is 11.3 Å². The number of ether oxygens (including phenoxy) is 2. The Balaban J connectivity index is 1.63. The number of hydrogen-bond acceptors (Lipinski definition) is 5. The number of aliphatic hydroxyl groups excluding tert-OH is 1. The number of benzene rings is 2. The van der Waals surface area contributed by atoms with Crippen LogP contribution in [-0.4, -0.2) is 31.5 Å². The van der Waals surface area contributed by atoms with Gasteiger partial charge >= 0.3 is 0 Å². The standard InChI is InChI=1S/C22H23NO3S/c1-15-18(16-5-7-20-21(13-16)26-12-11-25-20)3-2-4-19(15)22-8-6-17(27-22)14-23-9-10-24/h2-8,13,23-24H,9-12,14H2,1H3. The van der Waals surface area contributed by atoms with Crippen LogP contribution in [-0.2, 0) is 6.54 Å². The minimum atomic E-state index is 0.162. The molecule has 0 bridgehead atoms. The Morgan fingerprint density at radius 3 is 2.67 bits per heavy atom. The Morgan fingerprint density at radius 2 is 1.81 bits per heavy atom. The molecule has 0 spiro atoms. The third kappa shape index (κ3) is 3.86. The molecule has 27 heavy (non-hydrogen) atoms. The van der Waals surface area contributed by atoms with Crippen molar-refractivity contribution in [1.29, 1.82) is 0 Å². The molecular weight excluding hydrogens is 358 g/mol. The topological polar surface area (TPSA) is 50.7 Å². The van der Waals surface area contributed by atoms with Crippen molar-refractivity contribution in [1.82, 2.24) is 5.32 Å². The molecular formula is C22H23NO3S. The van der Waals surface area contributed by atoms with E-state index >= 15 is 0 Å². The molecule has 0 saturated carbocycles. The third-order valence-corrected chi connectivity index (χ3v) is 5.82. The molecule has 4 rings (SSSR count). The monoisotopic (exact) mass is 381 g/mol. The van der Waals surface area contributed by atoms with E-state index in [0.29, 0.717) is 19.8 Å². The van der Waals surface area contributed by atoms with Gasteiger partial charge in [0.15, 0.2) is 11.5 Å². The van der Waals surface area contributed by atoms with Gasteiger partial charge in [0.25, 0.3) is 0 Å². The van der Waals surface area contributed by atoms with E-state index < -0.39 is 0 Å². The first kappa shape index (κ1) is 18.0. The number of nitrogens with one attached hydrogen (secondary N) is 1. The first-order chi connectivity index (χ1) is 13.3. The second kappa shape index (κ2) is 8.13. The van der Waals surface area contributed by atoms with Crippen LogP contribution in [0, 0.1) is 6.92 Å². The lowest BCUT2D eigenvalue weighted by molar-refractivity contribution is 0.171. The Bertz CT molecular complexity index is 935. The maximum atomic E-state index is 8.90. The quantitative estimate of drug-likeness (QED) is 0.627. The van der Waals surface area contributed by atoms with Crippen LogP contribution < -0.4 is 14.8 Å². The molecule has 3 aromatic rings. The molecule has 0 amide bonds. The lowest BCUT2D eigenvalue weighted by atomic mass is 9.95. The highest BCUT2D eigenvalue weighted by Crippen LogP contribution is 2.39. The number of rotatable bonds is 6. The summed E-state index contributed by atoms with van der Waals surface area (Å²) in [7, 11) is 0. The van der Waals surface area contributed by atoms with E-state index in [2.05, 4.69) is 54.7 Å². The molecule has 0 aliphatic carbocycles. The molecule has 2 heterocycles. The van der Waals surface area contributed by atoms with Gasteiger partial charge in [-0.1, -0.05) is 24.3 Å². The predicted octanol–water partition coefficient (Wildman–Crippen LogP) is 4.24. The molecule has 0 atom stereocenters. The minimum absolute atomic E-state index is 0.162. The SMILES string of the molecule is Cc1c(-c2ccc3c(c2)OCCO3)cccc1-c1ccc(CNCCO)s1. The number of hydrogen-bond donors (Lipinski definition) is 2. The fourth-order valence-electron chi connectivity index (χ4n) is 3.33. The molecule has 4 nitrogen and oxygen atoms in total. The van der Waals surface area contributed by atoms with E-state index in [9.17, 15) is 0 Å². The highest BCUT2D eigenvalue weighted by Gasteiger charge is 2.15. The third-order valence-electron chi connectivity index (χ3n) is 4.70. The summed E-state index contributed by atoms with van der Waals surface area (Å²) in [5, 5.41) is 12.1. The van der Waals surface area contributed by atoms with Crippen molar-refractivity contribution >= 4 is 11.3 Å². The fourth-order valence-corrected chi connectivity index (χ4v) is 4.39. The van der Waals surface area contributed by atoms with Crippen molar-refractivity contribution in [2.24, 2.45) is 0 Å². The highest BCUT2D eigenvalue weighted by atomic mass is 32.1. The summed E-state index contributed by atoms with van der Waals surface area (Å²) < 4.78 is 11.4. The van der Waals surface area contributed by atoms with Gasteiger partial charge in [0.05, 0.1) is 6.61 Å². The van der Waals surface area contributed by atoms with Crippen molar-refractivity contribution in [2.45, 2.75) is 13.5 Å². The van der Waals surface area contributed by atoms with E-state index in [1.54, 1.807) is 11.3 Å². The molecule has 2 N–H and O–H groups in total. The summed E-state index contributed by atoms with van der Waals surface area (Å²) in [5.74, 6) is 1.63. The van der Waals surface area contributed by atoms with Gasteiger partial charge in [0.2, 0.25) is 0 Å². The molecule has 2 aromatic carbocycles. The van der Waals surface area contributed by atoms with E-state index in [4.69, 9.17) is 14.6 Å². The Labute approximate surface area is 163 Å². The maximum Gasteiger partial charge on any atom is 0.161 e. The van der Waals surface area contributed by atoms with Crippen molar-refractivity contribution in [3.8, 4) is 33.1 Å². The molecule has 5 heteroatoms. The Morgan fingerprint density at radius 1 is 1.00 bits per heavy atom. The lowest BCUT2D eigenvalue weighted by Crippen LogP contribution is -2.16. The van der Waals surface area contributed by atoms with Crippen molar-refractivity contribution < 1.29 is 14.6 Å². The highest BCUT2D eigenvalue weighted by molar-refractivity contribution is 7.15. The van der Waals surface area contributed by atoms with Crippen LogP contribution in [0.4, 0.5) is 0 Å². The Kier molecular flexibility index (Phi) is 5.43. The summed E-state index contributed by atoms with van der Waals surface area (Å²) in [6, 6.07) is 16.9.